The van der Waals surface area contributed by atoms with Crippen molar-refractivity contribution in [2.45, 2.75) is 19.0 Å². The number of ether oxygens (including phenoxy) is 1. The largest absolute Gasteiger partial charge is 0.481 e. The monoisotopic (exact) mass is 369 g/mol. The molecule has 1 unspecified atom stereocenters. The number of morpholine rings is 1. The van der Waals surface area contributed by atoms with Gasteiger partial charge in [0, 0.05) is 18.2 Å². The molecule has 1 aromatic carbocycles. The lowest BCUT2D eigenvalue weighted by atomic mass is 10.1. The summed E-state index contributed by atoms with van der Waals surface area (Å²) in [5.41, 5.74) is 0.736. The maximum absolute atomic E-state index is 11.0. The molecule has 3 rings (SSSR count). The second-order valence-corrected chi connectivity index (χ2v) is 6.45. The molecule has 1 aliphatic heterocycles. The first kappa shape index (κ1) is 17.3. The third-order valence-corrected chi connectivity index (χ3v) is 4.82. The van der Waals surface area contributed by atoms with Crippen molar-refractivity contribution in [1.29, 1.82) is 0 Å². The average molecular weight is 370 g/mol. The Bertz CT molecular complexity index is 731. The molecule has 2 aromatic rings. The molecule has 0 saturated carbocycles. The van der Waals surface area contributed by atoms with E-state index in [4.69, 9.17) is 37.5 Å². The van der Waals surface area contributed by atoms with E-state index in [1.165, 1.54) is 0 Å². The van der Waals surface area contributed by atoms with Gasteiger partial charge in [-0.1, -0.05) is 29.3 Å². The van der Waals surface area contributed by atoms with Gasteiger partial charge < -0.3 is 14.3 Å². The zero-order valence-corrected chi connectivity index (χ0v) is 14.4. The number of hydrogen-bond acceptors (Lipinski definition) is 4. The lowest BCUT2D eigenvalue weighted by Gasteiger charge is -2.34. The van der Waals surface area contributed by atoms with Crippen molar-refractivity contribution in [3.05, 3.63) is 46.1 Å². The lowest BCUT2D eigenvalue weighted by molar-refractivity contribution is -0.140. The fourth-order valence-electron chi connectivity index (χ4n) is 2.79. The molecule has 1 atom stereocenters. The molecule has 0 bridgehead atoms. The number of halogens is 2. The molecular formula is C17H17Cl2NO4. The van der Waals surface area contributed by atoms with Crippen LogP contribution in [0.15, 0.2) is 34.7 Å². The van der Waals surface area contributed by atoms with Gasteiger partial charge in [0.05, 0.1) is 36.2 Å². The summed E-state index contributed by atoms with van der Waals surface area (Å²) < 4.78 is 11.3. The van der Waals surface area contributed by atoms with Gasteiger partial charge in [-0.3, -0.25) is 9.69 Å². The number of rotatable bonds is 5. The molecule has 5 nitrogen and oxygen atoms in total. The van der Waals surface area contributed by atoms with Gasteiger partial charge in [0.2, 0.25) is 0 Å². The SMILES string of the molecule is O=C(O)CC1COCCN1Cc1ccc(-c2cccc(Cl)c2Cl)o1. The van der Waals surface area contributed by atoms with Crippen LogP contribution in [0.2, 0.25) is 10.0 Å². The first-order chi connectivity index (χ1) is 11.5. The van der Waals surface area contributed by atoms with Crippen molar-refractivity contribution in [3.63, 3.8) is 0 Å². The van der Waals surface area contributed by atoms with Crippen LogP contribution in [-0.2, 0) is 16.1 Å². The highest BCUT2D eigenvalue weighted by molar-refractivity contribution is 6.43. The zero-order valence-electron chi connectivity index (χ0n) is 12.9. The summed E-state index contributed by atoms with van der Waals surface area (Å²) in [5.74, 6) is 0.556. The van der Waals surface area contributed by atoms with Crippen molar-refractivity contribution < 1.29 is 19.1 Å². The number of nitrogens with zero attached hydrogens (tertiary/aromatic N) is 1. The maximum atomic E-state index is 11.0. The second kappa shape index (κ2) is 7.57. The van der Waals surface area contributed by atoms with E-state index in [-0.39, 0.29) is 12.5 Å². The van der Waals surface area contributed by atoms with E-state index >= 15 is 0 Å². The van der Waals surface area contributed by atoms with Gasteiger partial charge in [-0.2, -0.15) is 0 Å². The minimum absolute atomic E-state index is 0.0493. The van der Waals surface area contributed by atoms with Crippen LogP contribution in [0.1, 0.15) is 12.2 Å². The number of hydrogen-bond donors (Lipinski definition) is 1. The molecule has 24 heavy (non-hydrogen) atoms. The topological polar surface area (TPSA) is 62.9 Å². The highest BCUT2D eigenvalue weighted by Crippen LogP contribution is 2.34. The Balaban J connectivity index is 1.75. The van der Waals surface area contributed by atoms with Crippen molar-refractivity contribution in [1.82, 2.24) is 4.90 Å². The highest BCUT2D eigenvalue weighted by Gasteiger charge is 2.26. The van der Waals surface area contributed by atoms with Crippen LogP contribution in [0.5, 0.6) is 0 Å². The van der Waals surface area contributed by atoms with Crippen LogP contribution in [0, 0.1) is 0 Å². The van der Waals surface area contributed by atoms with Crippen LogP contribution < -0.4 is 0 Å². The molecule has 2 heterocycles. The number of carbonyl (C=O) groups is 1. The van der Waals surface area contributed by atoms with Crippen LogP contribution in [0.4, 0.5) is 0 Å². The summed E-state index contributed by atoms with van der Waals surface area (Å²) in [7, 11) is 0. The zero-order chi connectivity index (χ0) is 17.1. The van der Waals surface area contributed by atoms with E-state index in [2.05, 4.69) is 4.90 Å². The standard InChI is InChI=1S/C17H17Cl2NO4/c18-14-3-1-2-13(17(14)19)15-5-4-12(24-15)9-20-6-7-23-10-11(20)8-16(21)22/h1-5,11H,6-10H2,(H,21,22). The molecule has 0 spiro atoms. The lowest BCUT2D eigenvalue weighted by Crippen LogP contribution is -2.45. The van der Waals surface area contributed by atoms with Crippen molar-refractivity contribution in [3.8, 4) is 11.3 Å². The number of carboxylic acid groups (broad SMARTS) is 1. The van der Waals surface area contributed by atoms with Crippen molar-refractivity contribution in [2.24, 2.45) is 0 Å². The maximum Gasteiger partial charge on any atom is 0.305 e. The summed E-state index contributed by atoms with van der Waals surface area (Å²) in [5, 5.41) is 9.95. The Morgan fingerprint density at radius 2 is 2.12 bits per heavy atom. The number of benzene rings is 1. The summed E-state index contributed by atoms with van der Waals surface area (Å²) in [6.07, 6.45) is 0.0493. The number of carboxylic acids is 1. The average Bonchev–Trinajstić information content (AvgIpc) is 3.00. The van der Waals surface area contributed by atoms with Crippen LogP contribution in [-0.4, -0.2) is 41.8 Å². The third-order valence-electron chi connectivity index (χ3n) is 4.00. The Kier molecular flexibility index (Phi) is 5.46. The quantitative estimate of drug-likeness (QED) is 0.864. The molecule has 1 fully saturated rings. The predicted octanol–water partition coefficient (Wildman–Crippen LogP) is 3.93. The first-order valence-electron chi connectivity index (χ1n) is 7.61. The summed E-state index contributed by atoms with van der Waals surface area (Å²) in [4.78, 5) is 13.1. The Hall–Kier alpha value is -1.53. The van der Waals surface area contributed by atoms with Crippen LogP contribution >= 0.6 is 23.2 Å². The van der Waals surface area contributed by atoms with Crippen molar-refractivity contribution in [2.75, 3.05) is 19.8 Å². The Morgan fingerprint density at radius 1 is 1.29 bits per heavy atom. The molecule has 128 valence electrons. The molecule has 0 aliphatic carbocycles. The molecule has 1 N–H and O–H groups in total. The minimum atomic E-state index is -0.832. The molecule has 1 aromatic heterocycles. The van der Waals surface area contributed by atoms with Gasteiger partial charge in [-0.05, 0) is 24.3 Å². The van der Waals surface area contributed by atoms with Gasteiger partial charge in [0.25, 0.3) is 0 Å². The van der Waals surface area contributed by atoms with E-state index in [9.17, 15) is 4.79 Å². The molecule has 0 amide bonds. The fraction of sp³-hybridized carbons (Fsp3) is 0.353. The van der Waals surface area contributed by atoms with Gasteiger partial charge in [0.1, 0.15) is 11.5 Å². The summed E-state index contributed by atoms with van der Waals surface area (Å²) in [6, 6.07) is 8.95. The van der Waals surface area contributed by atoms with Gasteiger partial charge in [0.15, 0.2) is 0 Å². The van der Waals surface area contributed by atoms with Gasteiger partial charge in [-0.25, -0.2) is 0 Å². The number of furan rings is 1. The molecule has 1 aliphatic rings. The van der Waals surface area contributed by atoms with Crippen molar-refractivity contribution >= 4 is 29.2 Å². The first-order valence-corrected chi connectivity index (χ1v) is 8.37. The molecular weight excluding hydrogens is 353 g/mol. The van der Waals surface area contributed by atoms with E-state index in [1.54, 1.807) is 6.07 Å². The van der Waals surface area contributed by atoms with Gasteiger partial charge in [-0.15, -0.1) is 0 Å². The second-order valence-electron chi connectivity index (χ2n) is 5.66. The molecule has 0 radical (unpaired) electrons. The molecule has 1 saturated heterocycles. The summed E-state index contributed by atoms with van der Waals surface area (Å²) in [6.45, 7) is 2.20. The minimum Gasteiger partial charge on any atom is -0.481 e. The van der Waals surface area contributed by atoms with E-state index in [0.29, 0.717) is 42.1 Å². The fourth-order valence-corrected chi connectivity index (χ4v) is 3.18. The van der Waals surface area contributed by atoms with Crippen LogP contribution in [0.25, 0.3) is 11.3 Å². The molecule has 7 heteroatoms. The normalized spacial score (nSPS) is 18.7. The van der Waals surface area contributed by atoms with E-state index in [0.717, 1.165) is 11.3 Å². The predicted molar refractivity (Wildman–Crippen MR) is 91.4 cm³/mol. The number of aliphatic carboxylic acids is 1. The highest BCUT2D eigenvalue weighted by atomic mass is 35.5. The summed E-state index contributed by atoms with van der Waals surface area (Å²) >= 11 is 12.3. The van der Waals surface area contributed by atoms with E-state index in [1.807, 2.05) is 24.3 Å². The smallest absolute Gasteiger partial charge is 0.305 e. The third kappa shape index (κ3) is 3.92. The van der Waals surface area contributed by atoms with Crippen LogP contribution in [0.3, 0.4) is 0 Å². The van der Waals surface area contributed by atoms with E-state index < -0.39 is 5.97 Å². The Labute approximate surface area is 149 Å². The Morgan fingerprint density at radius 3 is 2.92 bits per heavy atom. The van der Waals surface area contributed by atoms with Gasteiger partial charge >= 0.3 is 5.97 Å².